The van der Waals surface area contributed by atoms with Crippen LogP contribution in [0, 0.1) is 5.92 Å². The number of alkyl halides is 2. The fourth-order valence-electron chi connectivity index (χ4n) is 5.16. The fourth-order valence-corrected chi connectivity index (χ4v) is 6.97. The number of alkyl carbamates (subject to hydrolysis) is 1. The van der Waals surface area contributed by atoms with Crippen molar-refractivity contribution in [3.05, 3.63) is 28.4 Å². The number of halogens is 2. The first-order valence-corrected chi connectivity index (χ1v) is 12.9. The highest BCUT2D eigenvalue weighted by Gasteiger charge is 2.48. The van der Waals surface area contributed by atoms with Crippen molar-refractivity contribution in [2.75, 3.05) is 0 Å². The third kappa shape index (κ3) is 4.51. The summed E-state index contributed by atoms with van der Waals surface area (Å²) in [4.78, 5) is 17.2. The molecule has 7 nitrogen and oxygen atoms in total. The molecule has 10 heteroatoms. The van der Waals surface area contributed by atoms with Gasteiger partial charge in [-0.1, -0.05) is 0 Å². The molecule has 4 aliphatic carbocycles. The van der Waals surface area contributed by atoms with Gasteiger partial charge in [-0.2, -0.15) is 0 Å². The number of carbonyl (C=O) groups is 1. The van der Waals surface area contributed by atoms with E-state index in [1.165, 1.54) is 0 Å². The van der Waals surface area contributed by atoms with Gasteiger partial charge in [0.05, 0.1) is 10.9 Å². The maximum absolute atomic E-state index is 13.4. The van der Waals surface area contributed by atoms with E-state index in [4.69, 9.17) is 4.74 Å². The highest BCUT2D eigenvalue weighted by atomic mass is 32.2. The Morgan fingerprint density at radius 2 is 1.88 bits per heavy atom. The first-order valence-electron chi connectivity index (χ1n) is 11.4. The highest BCUT2D eigenvalue weighted by Crippen LogP contribution is 2.43. The number of aromatic nitrogens is 1. The van der Waals surface area contributed by atoms with Gasteiger partial charge in [-0.05, 0) is 58.1 Å². The highest BCUT2D eigenvalue weighted by molar-refractivity contribution is 7.98. The number of amides is 1. The Morgan fingerprint density at radius 3 is 2.48 bits per heavy atom. The molecule has 33 heavy (non-hydrogen) atoms. The van der Waals surface area contributed by atoms with E-state index in [9.17, 15) is 22.0 Å². The third-order valence-electron chi connectivity index (χ3n) is 6.70. The smallest absolute Gasteiger partial charge is 0.408 e. The second-order valence-electron chi connectivity index (χ2n) is 10.7. The van der Waals surface area contributed by atoms with E-state index in [1.807, 2.05) is 6.07 Å². The number of pyridine rings is 1. The van der Waals surface area contributed by atoms with Crippen molar-refractivity contribution >= 4 is 26.6 Å². The molecule has 1 unspecified atom stereocenters. The van der Waals surface area contributed by atoms with Crippen LogP contribution in [0.25, 0.3) is 10.5 Å². The van der Waals surface area contributed by atoms with Crippen LogP contribution in [0.1, 0.15) is 70.9 Å². The van der Waals surface area contributed by atoms with Crippen LogP contribution in [0.2, 0.25) is 0 Å². The van der Waals surface area contributed by atoms with Crippen LogP contribution in [0.3, 0.4) is 0 Å². The summed E-state index contributed by atoms with van der Waals surface area (Å²) in [6.45, 7) is 5.33. The molecule has 3 saturated carbocycles. The van der Waals surface area contributed by atoms with Gasteiger partial charge in [0.2, 0.25) is 10.0 Å². The first-order chi connectivity index (χ1) is 15.3. The van der Waals surface area contributed by atoms with Gasteiger partial charge in [-0.25, -0.2) is 26.7 Å². The second kappa shape index (κ2) is 7.46. The Balaban J connectivity index is 1.54. The first kappa shape index (κ1) is 22.7. The quantitative estimate of drug-likeness (QED) is 0.673. The monoisotopic (exact) mass is 481 g/mol. The Kier molecular flexibility index (Phi) is 5.14. The molecular formula is C23H29F2N3O4S. The van der Waals surface area contributed by atoms with E-state index in [1.54, 1.807) is 27.0 Å². The topological polar surface area (TPSA) is 97.4 Å². The predicted octanol–water partition coefficient (Wildman–Crippen LogP) is 2.25. The fraction of sp³-hybridized carbons (Fsp3) is 0.652. The molecule has 1 aromatic heterocycles. The van der Waals surface area contributed by atoms with Crippen LogP contribution in [0.4, 0.5) is 13.6 Å². The van der Waals surface area contributed by atoms with Gasteiger partial charge in [0, 0.05) is 53.0 Å². The summed E-state index contributed by atoms with van der Waals surface area (Å²) < 4.78 is 61.4. The summed E-state index contributed by atoms with van der Waals surface area (Å²) in [5.41, 5.74) is 1.14. The standard InChI is InChI=1S/C23H29F2N3O4S/c1-22(2,3)32-21(29)27-19-7-13-6-15(19)17-11-26-18(12-4-5-12)8-16(17)20(13)33(30,31)28-14-9-23(24,25)10-14/h8,11-14,19,28H,4-7,9-10H2,1-3H3,(H,27,29)/t13?,19-/m1/s1. The lowest BCUT2D eigenvalue weighted by molar-refractivity contribution is -0.0876. The van der Waals surface area contributed by atoms with E-state index >= 15 is 0 Å². The van der Waals surface area contributed by atoms with Crippen LogP contribution in [0.5, 0.6) is 0 Å². The van der Waals surface area contributed by atoms with E-state index < -0.39 is 46.5 Å². The lowest BCUT2D eigenvalue weighted by Crippen LogP contribution is -2.52. The lowest BCUT2D eigenvalue weighted by atomic mass is 9.89. The lowest BCUT2D eigenvalue weighted by Gasteiger charge is -2.35. The minimum absolute atomic E-state index is 0.231. The molecular weight excluding hydrogens is 452 g/mol. The molecule has 1 heterocycles. The summed E-state index contributed by atoms with van der Waals surface area (Å²) in [5.74, 6) is -2.83. The van der Waals surface area contributed by atoms with Crippen LogP contribution in [0.15, 0.2) is 12.3 Å². The van der Waals surface area contributed by atoms with Crippen LogP contribution in [-0.2, 0) is 14.8 Å². The van der Waals surface area contributed by atoms with Crippen molar-refractivity contribution in [2.45, 2.75) is 88.8 Å². The van der Waals surface area contributed by atoms with Gasteiger partial charge in [0.25, 0.3) is 5.92 Å². The zero-order valence-electron chi connectivity index (χ0n) is 19.0. The zero-order valence-corrected chi connectivity index (χ0v) is 19.8. The maximum Gasteiger partial charge on any atom is 0.408 e. The van der Waals surface area contributed by atoms with E-state index in [-0.39, 0.29) is 16.9 Å². The molecule has 2 bridgehead atoms. The number of fused-ring (bicyclic) bond motifs is 3. The number of rotatable bonds is 5. The SMILES string of the molecule is CC(C)(C)OC(=O)N[C@@H]1CC2CC1=c1cnc(C3CC3)cc1=C2S(=O)(=O)NC1CC(F)(F)C1. The normalized spacial score (nSPS) is 26.6. The molecule has 1 amide bonds. The Hall–Kier alpha value is -2.07. The summed E-state index contributed by atoms with van der Waals surface area (Å²) >= 11 is 0. The molecule has 2 atom stereocenters. The van der Waals surface area contributed by atoms with Crippen molar-refractivity contribution < 1.29 is 26.7 Å². The second-order valence-corrected chi connectivity index (χ2v) is 12.4. The molecule has 4 aliphatic rings. The Morgan fingerprint density at radius 1 is 1.18 bits per heavy atom. The Labute approximate surface area is 191 Å². The molecule has 0 aliphatic heterocycles. The molecule has 0 saturated heterocycles. The van der Waals surface area contributed by atoms with Crippen LogP contribution < -0.4 is 20.5 Å². The molecule has 0 radical (unpaired) electrons. The number of hydrogen-bond donors (Lipinski definition) is 2. The minimum Gasteiger partial charge on any atom is -0.444 e. The van der Waals surface area contributed by atoms with Crippen molar-refractivity contribution in [3.8, 4) is 0 Å². The van der Waals surface area contributed by atoms with Gasteiger partial charge in [0.1, 0.15) is 5.60 Å². The maximum atomic E-state index is 13.4. The summed E-state index contributed by atoms with van der Waals surface area (Å²) in [5, 5.41) is 4.18. The summed E-state index contributed by atoms with van der Waals surface area (Å²) in [7, 11) is -4.00. The molecule has 180 valence electrons. The number of ether oxygens (including phenoxy) is 1. The van der Waals surface area contributed by atoms with Gasteiger partial charge >= 0.3 is 6.09 Å². The molecule has 5 rings (SSSR count). The number of carbonyl (C=O) groups excluding carboxylic acids is 1. The van der Waals surface area contributed by atoms with Crippen molar-refractivity contribution in [1.29, 1.82) is 0 Å². The average molecular weight is 482 g/mol. The number of hydrogen-bond acceptors (Lipinski definition) is 5. The van der Waals surface area contributed by atoms with E-state index in [2.05, 4.69) is 15.0 Å². The van der Waals surface area contributed by atoms with Gasteiger partial charge in [-0.3, -0.25) is 4.98 Å². The Bertz CT molecular complexity index is 1230. The molecule has 1 aromatic rings. The summed E-state index contributed by atoms with van der Waals surface area (Å²) in [6, 6.07) is 0.699. The van der Waals surface area contributed by atoms with E-state index in [0.717, 1.165) is 24.1 Å². The molecule has 2 N–H and O–H groups in total. The molecule has 0 spiro atoms. The number of nitrogens with zero attached hydrogens (tertiary/aromatic N) is 1. The van der Waals surface area contributed by atoms with Crippen LogP contribution in [-0.4, -0.2) is 43.1 Å². The number of sulfonamides is 1. The van der Waals surface area contributed by atoms with E-state index in [0.29, 0.717) is 29.2 Å². The summed E-state index contributed by atoms with van der Waals surface area (Å²) in [6.07, 6.45) is 3.08. The van der Waals surface area contributed by atoms with Crippen molar-refractivity contribution in [3.63, 3.8) is 0 Å². The van der Waals surface area contributed by atoms with Gasteiger partial charge < -0.3 is 10.1 Å². The van der Waals surface area contributed by atoms with Crippen molar-refractivity contribution in [2.24, 2.45) is 5.92 Å². The average Bonchev–Trinajstić information content (AvgIpc) is 3.43. The third-order valence-corrected chi connectivity index (χ3v) is 8.48. The number of nitrogens with one attached hydrogen (secondary N) is 2. The molecule has 0 aromatic carbocycles. The zero-order chi connectivity index (χ0) is 23.8. The minimum atomic E-state index is -4.00. The van der Waals surface area contributed by atoms with Crippen LogP contribution >= 0.6 is 0 Å². The van der Waals surface area contributed by atoms with Gasteiger partial charge in [-0.15, -0.1) is 0 Å². The predicted molar refractivity (Wildman–Crippen MR) is 118 cm³/mol. The molecule has 3 fully saturated rings. The largest absolute Gasteiger partial charge is 0.444 e. The van der Waals surface area contributed by atoms with Gasteiger partial charge in [0.15, 0.2) is 0 Å². The van der Waals surface area contributed by atoms with Crippen molar-refractivity contribution in [1.82, 2.24) is 15.0 Å².